The SMILES string of the molecule is Cn1nc(-c2ccccc2)nc1C(N)CCO. The molecule has 0 fully saturated rings. The maximum atomic E-state index is 8.88. The van der Waals surface area contributed by atoms with Gasteiger partial charge in [0.2, 0.25) is 0 Å². The van der Waals surface area contributed by atoms with Gasteiger partial charge in [-0.25, -0.2) is 4.98 Å². The summed E-state index contributed by atoms with van der Waals surface area (Å²) in [6, 6.07) is 9.46. The number of nitrogens with two attached hydrogens (primary N) is 1. The number of hydrogen-bond acceptors (Lipinski definition) is 4. The lowest BCUT2D eigenvalue weighted by Crippen LogP contribution is -2.17. The lowest BCUT2D eigenvalue weighted by molar-refractivity contribution is 0.273. The van der Waals surface area contributed by atoms with Crippen LogP contribution in [0.4, 0.5) is 0 Å². The van der Waals surface area contributed by atoms with Gasteiger partial charge in [-0.15, -0.1) is 0 Å². The van der Waals surface area contributed by atoms with Crippen molar-refractivity contribution in [1.29, 1.82) is 0 Å². The van der Waals surface area contributed by atoms with Crippen LogP contribution in [0.2, 0.25) is 0 Å². The first-order valence-corrected chi connectivity index (χ1v) is 5.55. The van der Waals surface area contributed by atoms with Crippen LogP contribution in [0.3, 0.4) is 0 Å². The van der Waals surface area contributed by atoms with Crippen LogP contribution in [0.25, 0.3) is 11.4 Å². The highest BCUT2D eigenvalue weighted by molar-refractivity contribution is 5.54. The summed E-state index contributed by atoms with van der Waals surface area (Å²) in [5.74, 6) is 1.36. The predicted molar refractivity (Wildman–Crippen MR) is 65.1 cm³/mol. The number of aliphatic hydroxyl groups is 1. The van der Waals surface area contributed by atoms with Crippen LogP contribution in [0, 0.1) is 0 Å². The zero-order valence-corrected chi connectivity index (χ0v) is 9.74. The number of aromatic nitrogens is 3. The molecule has 5 heteroatoms. The predicted octanol–water partition coefficient (Wildman–Crippen LogP) is 0.864. The fraction of sp³-hybridized carbons (Fsp3) is 0.333. The van der Waals surface area contributed by atoms with Gasteiger partial charge >= 0.3 is 0 Å². The van der Waals surface area contributed by atoms with E-state index in [0.29, 0.717) is 18.1 Å². The Labute approximate surface area is 99.9 Å². The summed E-state index contributed by atoms with van der Waals surface area (Å²) in [5, 5.41) is 13.2. The summed E-state index contributed by atoms with van der Waals surface area (Å²) >= 11 is 0. The molecule has 0 aliphatic rings. The monoisotopic (exact) mass is 232 g/mol. The average molecular weight is 232 g/mol. The molecule has 0 saturated carbocycles. The maximum absolute atomic E-state index is 8.88. The lowest BCUT2D eigenvalue weighted by Gasteiger charge is -2.07. The molecule has 0 spiro atoms. The number of aliphatic hydroxyl groups excluding tert-OH is 1. The summed E-state index contributed by atoms with van der Waals surface area (Å²) in [6.45, 7) is 0.0503. The summed E-state index contributed by atoms with van der Waals surface area (Å²) in [7, 11) is 1.81. The van der Waals surface area contributed by atoms with Crippen molar-refractivity contribution in [3.63, 3.8) is 0 Å². The van der Waals surface area contributed by atoms with E-state index in [-0.39, 0.29) is 12.6 Å². The number of hydrogen-bond donors (Lipinski definition) is 2. The molecule has 90 valence electrons. The van der Waals surface area contributed by atoms with Crippen LogP contribution in [-0.2, 0) is 7.05 Å². The quantitative estimate of drug-likeness (QED) is 0.819. The second-order valence-corrected chi connectivity index (χ2v) is 3.90. The molecule has 1 atom stereocenters. The third kappa shape index (κ3) is 2.51. The van der Waals surface area contributed by atoms with Crippen LogP contribution in [0.5, 0.6) is 0 Å². The van der Waals surface area contributed by atoms with Crippen molar-refractivity contribution in [2.75, 3.05) is 6.61 Å². The Morgan fingerprint density at radius 2 is 2.06 bits per heavy atom. The van der Waals surface area contributed by atoms with Gasteiger partial charge in [0.05, 0.1) is 6.04 Å². The molecule has 0 amide bonds. The molecule has 2 rings (SSSR count). The first kappa shape index (κ1) is 11.8. The Kier molecular flexibility index (Phi) is 3.51. The van der Waals surface area contributed by atoms with Crippen LogP contribution in [0.15, 0.2) is 30.3 Å². The van der Waals surface area contributed by atoms with E-state index in [1.165, 1.54) is 0 Å². The van der Waals surface area contributed by atoms with Crippen molar-refractivity contribution in [2.24, 2.45) is 12.8 Å². The number of nitrogens with zero attached hydrogens (tertiary/aromatic N) is 3. The van der Waals surface area contributed by atoms with Crippen molar-refractivity contribution < 1.29 is 5.11 Å². The topological polar surface area (TPSA) is 77.0 Å². The largest absolute Gasteiger partial charge is 0.396 e. The minimum Gasteiger partial charge on any atom is -0.396 e. The van der Waals surface area contributed by atoms with Crippen LogP contribution in [0.1, 0.15) is 18.3 Å². The lowest BCUT2D eigenvalue weighted by atomic mass is 10.2. The van der Waals surface area contributed by atoms with E-state index >= 15 is 0 Å². The molecule has 3 N–H and O–H groups in total. The average Bonchev–Trinajstić information content (AvgIpc) is 2.73. The Bertz CT molecular complexity index is 481. The molecule has 0 bridgehead atoms. The summed E-state index contributed by atoms with van der Waals surface area (Å²) < 4.78 is 1.67. The molecule has 0 radical (unpaired) electrons. The van der Waals surface area contributed by atoms with Crippen molar-refractivity contribution in [3.8, 4) is 11.4 Å². The van der Waals surface area contributed by atoms with E-state index in [9.17, 15) is 0 Å². The molecule has 1 aromatic heterocycles. The molecule has 1 unspecified atom stereocenters. The maximum Gasteiger partial charge on any atom is 0.181 e. The van der Waals surface area contributed by atoms with Crippen molar-refractivity contribution in [1.82, 2.24) is 14.8 Å². The summed E-state index contributed by atoms with van der Waals surface area (Å²) in [4.78, 5) is 4.41. The highest BCUT2D eigenvalue weighted by Crippen LogP contribution is 2.18. The fourth-order valence-electron chi connectivity index (χ4n) is 1.70. The molecule has 5 nitrogen and oxygen atoms in total. The Morgan fingerprint density at radius 3 is 2.71 bits per heavy atom. The van der Waals surface area contributed by atoms with Gasteiger partial charge in [-0.05, 0) is 6.42 Å². The molecule has 0 aliphatic carbocycles. The van der Waals surface area contributed by atoms with Gasteiger partial charge in [0.25, 0.3) is 0 Å². The highest BCUT2D eigenvalue weighted by Gasteiger charge is 2.14. The number of aryl methyl sites for hydroxylation is 1. The van der Waals surface area contributed by atoms with E-state index in [2.05, 4.69) is 10.1 Å². The van der Waals surface area contributed by atoms with Gasteiger partial charge in [0.15, 0.2) is 5.82 Å². The third-order valence-corrected chi connectivity index (χ3v) is 2.60. The van der Waals surface area contributed by atoms with E-state index in [4.69, 9.17) is 10.8 Å². The first-order chi connectivity index (χ1) is 8.22. The van der Waals surface area contributed by atoms with Crippen LogP contribution < -0.4 is 5.73 Å². The fourth-order valence-corrected chi connectivity index (χ4v) is 1.70. The van der Waals surface area contributed by atoms with E-state index in [1.54, 1.807) is 4.68 Å². The molecule has 2 aromatic rings. The highest BCUT2D eigenvalue weighted by atomic mass is 16.3. The third-order valence-electron chi connectivity index (χ3n) is 2.60. The van der Waals surface area contributed by atoms with Crippen LogP contribution in [-0.4, -0.2) is 26.5 Å². The number of benzene rings is 1. The smallest absolute Gasteiger partial charge is 0.181 e. The zero-order chi connectivity index (χ0) is 12.3. The standard InChI is InChI=1S/C12H16N4O/c1-16-12(10(13)7-8-17)14-11(15-16)9-5-3-2-4-6-9/h2-6,10,17H,7-8,13H2,1H3. The van der Waals surface area contributed by atoms with Crippen molar-refractivity contribution in [2.45, 2.75) is 12.5 Å². The Hall–Kier alpha value is -1.72. The Morgan fingerprint density at radius 1 is 1.35 bits per heavy atom. The normalized spacial score (nSPS) is 12.6. The van der Waals surface area contributed by atoms with E-state index < -0.39 is 0 Å². The minimum absolute atomic E-state index is 0.0503. The molecule has 17 heavy (non-hydrogen) atoms. The summed E-state index contributed by atoms with van der Waals surface area (Å²) in [5.41, 5.74) is 6.88. The number of rotatable bonds is 4. The van der Waals surface area contributed by atoms with Crippen LogP contribution >= 0.6 is 0 Å². The van der Waals surface area contributed by atoms with Gasteiger partial charge in [-0.3, -0.25) is 4.68 Å². The van der Waals surface area contributed by atoms with E-state index in [1.807, 2.05) is 37.4 Å². The van der Waals surface area contributed by atoms with E-state index in [0.717, 1.165) is 5.56 Å². The van der Waals surface area contributed by atoms with Gasteiger partial charge in [0, 0.05) is 19.2 Å². The molecule has 0 aliphatic heterocycles. The second-order valence-electron chi connectivity index (χ2n) is 3.90. The molecular weight excluding hydrogens is 216 g/mol. The molecule has 1 heterocycles. The molecule has 0 saturated heterocycles. The first-order valence-electron chi connectivity index (χ1n) is 5.55. The van der Waals surface area contributed by atoms with Gasteiger partial charge in [-0.1, -0.05) is 30.3 Å². The Balaban J connectivity index is 2.31. The zero-order valence-electron chi connectivity index (χ0n) is 9.74. The van der Waals surface area contributed by atoms with Crippen molar-refractivity contribution >= 4 is 0 Å². The molecule has 1 aromatic carbocycles. The molecular formula is C12H16N4O. The van der Waals surface area contributed by atoms with Gasteiger partial charge < -0.3 is 10.8 Å². The van der Waals surface area contributed by atoms with Gasteiger partial charge in [0.1, 0.15) is 5.82 Å². The van der Waals surface area contributed by atoms with Gasteiger partial charge in [-0.2, -0.15) is 5.10 Å². The summed E-state index contributed by atoms with van der Waals surface area (Å²) in [6.07, 6.45) is 0.487. The minimum atomic E-state index is -0.282. The second kappa shape index (κ2) is 5.07. The van der Waals surface area contributed by atoms with Crippen molar-refractivity contribution in [3.05, 3.63) is 36.2 Å².